The van der Waals surface area contributed by atoms with E-state index in [0.29, 0.717) is 10.8 Å². The molecule has 0 unspecified atom stereocenters. The van der Waals surface area contributed by atoms with Gasteiger partial charge in [0.1, 0.15) is 0 Å². The molecule has 0 aliphatic carbocycles. The Kier molecular flexibility index (Phi) is 16.4. The molecule has 0 aliphatic rings. The molecule has 0 spiro atoms. The molecule has 0 fully saturated rings. The summed E-state index contributed by atoms with van der Waals surface area (Å²) in [4.78, 5) is 0. The molecule has 0 atom stereocenters. The zero-order chi connectivity index (χ0) is 26.0. The van der Waals surface area contributed by atoms with Crippen molar-refractivity contribution in [2.75, 3.05) is 0 Å². The van der Waals surface area contributed by atoms with E-state index in [1.54, 1.807) is 10.4 Å². The first-order valence-corrected chi connectivity index (χ1v) is 27.1. The van der Waals surface area contributed by atoms with Gasteiger partial charge in [0.25, 0.3) is 0 Å². The maximum atomic E-state index is 4.93. The minimum absolute atomic E-state index is 0.303. The summed E-state index contributed by atoms with van der Waals surface area (Å²) in [6.45, 7) is 32.4. The first-order chi connectivity index (χ1) is 14.2. The number of hydrogen-bond acceptors (Lipinski definition) is 0. The van der Waals surface area contributed by atoms with E-state index in [4.69, 9.17) is 17.0 Å². The Morgan fingerprint density at radius 3 is 1.00 bits per heavy atom. The molecule has 0 saturated carbocycles. The van der Waals surface area contributed by atoms with Crippen molar-refractivity contribution in [1.29, 1.82) is 0 Å². The molecule has 0 aliphatic heterocycles. The van der Waals surface area contributed by atoms with Crippen LogP contribution >= 0.6 is 17.0 Å². The SMILES string of the molecule is CC(C)(C)c1c[cH-]c([Si](C)(C)C)c1.CC(C)(C)c1c[cH-]c([Si](C)(C)C)c1.C[SiH]C.[Cl][Zr+2][Cl]. The zero-order valence-electron chi connectivity index (χ0n) is 23.3. The van der Waals surface area contributed by atoms with Crippen molar-refractivity contribution in [3.05, 3.63) is 47.5 Å². The Labute approximate surface area is 224 Å². The molecule has 183 valence electrons. The van der Waals surface area contributed by atoms with Crippen LogP contribution in [0.1, 0.15) is 52.7 Å². The van der Waals surface area contributed by atoms with E-state index >= 15 is 0 Å². The van der Waals surface area contributed by atoms with Gasteiger partial charge >= 0.3 is 37.9 Å². The molecule has 6 heteroatoms. The van der Waals surface area contributed by atoms with Crippen LogP contribution in [-0.2, 0) is 31.7 Å². The average molecular weight is 608 g/mol. The van der Waals surface area contributed by atoms with Gasteiger partial charge in [-0.25, -0.2) is 12.1 Å². The van der Waals surface area contributed by atoms with Crippen LogP contribution in [0.15, 0.2) is 36.4 Å². The van der Waals surface area contributed by atoms with E-state index in [1.807, 2.05) is 0 Å². The van der Waals surface area contributed by atoms with E-state index in [2.05, 4.69) is 130 Å². The zero-order valence-corrected chi connectivity index (χ0v) is 30.4. The summed E-state index contributed by atoms with van der Waals surface area (Å²) in [6, 6.07) is 14.0. The van der Waals surface area contributed by atoms with Crippen LogP contribution in [0.3, 0.4) is 0 Å². The molecular formula is C26H49Cl2Si3Zr. The minimum atomic E-state index is -1.09. The standard InChI is InChI=1S/2C12H21Si.C2H7Si.2ClH.Zr/c2*1-12(2,3)10-7-8-11(9-10)13(4,5)6;1-3-2;;;/h2*7-9H,1-6H3;3H,1-2H3;2*1H;/q2*-1;;;;+4/p-2. The quantitative estimate of drug-likeness (QED) is 0.238. The van der Waals surface area contributed by atoms with Gasteiger partial charge in [0.2, 0.25) is 0 Å². The molecule has 2 aromatic carbocycles. The Morgan fingerprint density at radius 2 is 0.906 bits per heavy atom. The van der Waals surface area contributed by atoms with Crippen molar-refractivity contribution in [3.63, 3.8) is 0 Å². The van der Waals surface area contributed by atoms with E-state index in [-0.39, 0.29) is 0 Å². The van der Waals surface area contributed by atoms with Crippen LogP contribution in [0.5, 0.6) is 0 Å². The van der Waals surface area contributed by atoms with Crippen LogP contribution < -0.4 is 10.4 Å². The summed E-state index contributed by atoms with van der Waals surface area (Å²) < 4.78 is 0. The van der Waals surface area contributed by atoms with Gasteiger partial charge < -0.3 is 0 Å². The van der Waals surface area contributed by atoms with Crippen LogP contribution in [0.25, 0.3) is 0 Å². The summed E-state index contributed by atoms with van der Waals surface area (Å²) in [6.07, 6.45) is 0. The maximum absolute atomic E-state index is 4.93. The van der Waals surface area contributed by atoms with Gasteiger partial charge in [0, 0.05) is 9.52 Å². The average Bonchev–Trinajstić information content (AvgIpc) is 3.25. The molecule has 0 aromatic heterocycles. The molecule has 1 radical (unpaired) electrons. The molecule has 32 heavy (non-hydrogen) atoms. The van der Waals surface area contributed by atoms with Gasteiger partial charge in [-0.05, 0) is 0 Å². The van der Waals surface area contributed by atoms with Crippen molar-refractivity contribution in [2.24, 2.45) is 0 Å². The monoisotopic (exact) mass is 605 g/mol. The number of halogens is 2. The van der Waals surface area contributed by atoms with Crippen molar-refractivity contribution in [3.8, 4) is 0 Å². The topological polar surface area (TPSA) is 0 Å². The Morgan fingerprint density at radius 1 is 0.688 bits per heavy atom. The first kappa shape index (κ1) is 35.0. The molecule has 0 amide bonds. The van der Waals surface area contributed by atoms with Crippen LogP contribution in [0.4, 0.5) is 0 Å². The molecule has 0 heterocycles. The summed E-state index contributed by atoms with van der Waals surface area (Å²) in [5.41, 5.74) is 3.56. The molecule has 0 nitrogen and oxygen atoms in total. The van der Waals surface area contributed by atoms with Gasteiger partial charge in [-0.1, -0.05) is 105 Å². The summed E-state index contributed by atoms with van der Waals surface area (Å²) >= 11 is -0.826. The fourth-order valence-corrected chi connectivity index (χ4v) is 5.10. The van der Waals surface area contributed by atoms with E-state index in [9.17, 15) is 0 Å². The van der Waals surface area contributed by atoms with E-state index < -0.39 is 37.0 Å². The molecule has 2 aromatic rings. The second-order valence-corrected chi connectivity index (χ2v) is 27.5. The fourth-order valence-electron chi connectivity index (χ4n) is 2.75. The van der Waals surface area contributed by atoms with Crippen LogP contribution in [0.2, 0.25) is 52.4 Å². The third-order valence-corrected chi connectivity index (χ3v) is 9.06. The first-order valence-electron chi connectivity index (χ1n) is 11.5. The van der Waals surface area contributed by atoms with E-state index in [1.165, 1.54) is 11.1 Å². The molecule has 0 N–H and O–H groups in total. The Hall–Kier alpha value is 0.814. The fraction of sp³-hybridized carbons (Fsp3) is 0.615. The Bertz CT molecular complexity index is 615. The van der Waals surface area contributed by atoms with Crippen molar-refractivity contribution in [2.45, 2.75) is 105 Å². The van der Waals surface area contributed by atoms with Crippen molar-refractivity contribution < 1.29 is 20.8 Å². The molecule has 0 bridgehead atoms. The van der Waals surface area contributed by atoms with Gasteiger partial charge in [-0.15, -0.1) is 0 Å². The van der Waals surface area contributed by atoms with Crippen LogP contribution in [-0.4, -0.2) is 25.7 Å². The molecule has 2 rings (SSSR count). The third kappa shape index (κ3) is 14.9. The number of hydrogen-bond donors (Lipinski definition) is 0. The normalized spacial score (nSPS) is 11.8. The Balaban J connectivity index is 0. The van der Waals surface area contributed by atoms with Crippen molar-refractivity contribution in [1.82, 2.24) is 0 Å². The predicted octanol–water partition coefficient (Wildman–Crippen LogP) is 8.39. The molecule has 0 saturated heterocycles. The van der Waals surface area contributed by atoms with Crippen LogP contribution in [0, 0.1) is 0 Å². The summed E-state index contributed by atoms with van der Waals surface area (Å²) in [5.74, 6) is 0. The second kappa shape index (κ2) is 15.0. The second-order valence-electron chi connectivity index (χ2n) is 12.4. The van der Waals surface area contributed by atoms with Gasteiger partial charge in [0.05, 0.1) is 16.1 Å². The van der Waals surface area contributed by atoms with E-state index in [0.717, 1.165) is 9.52 Å². The predicted molar refractivity (Wildman–Crippen MR) is 158 cm³/mol. The summed E-state index contributed by atoms with van der Waals surface area (Å²) in [7, 11) is 8.44. The number of rotatable bonds is 2. The summed E-state index contributed by atoms with van der Waals surface area (Å²) in [5, 5.41) is 3.16. The van der Waals surface area contributed by atoms with Gasteiger partial charge in [0.15, 0.2) is 0 Å². The molecular weight excluding hydrogens is 559 g/mol. The van der Waals surface area contributed by atoms with Gasteiger partial charge in [-0.3, -0.25) is 0 Å². The van der Waals surface area contributed by atoms with Gasteiger partial charge in [-0.2, -0.15) is 45.8 Å². The third-order valence-electron chi connectivity index (χ3n) is 4.97. The van der Waals surface area contributed by atoms with Crippen molar-refractivity contribution >= 4 is 53.1 Å².